The molecule has 2 heterocycles. The van der Waals surface area contributed by atoms with Gasteiger partial charge in [-0.1, -0.05) is 55.8 Å². The molecule has 4 rings (SSSR count). The van der Waals surface area contributed by atoms with Crippen molar-refractivity contribution in [2.24, 2.45) is 0 Å². The van der Waals surface area contributed by atoms with Gasteiger partial charge in [-0.05, 0) is 36.2 Å². The van der Waals surface area contributed by atoms with Crippen molar-refractivity contribution in [2.75, 3.05) is 0 Å². The maximum atomic E-state index is 6.08. The Morgan fingerprint density at radius 1 is 1.04 bits per heavy atom. The summed E-state index contributed by atoms with van der Waals surface area (Å²) in [5.74, 6) is 0. The van der Waals surface area contributed by atoms with Crippen LogP contribution in [0, 0.1) is 0 Å². The second-order valence-electron chi connectivity index (χ2n) is 6.47. The number of halogens is 1. The van der Waals surface area contributed by atoms with Crippen LogP contribution < -0.4 is 0 Å². The van der Waals surface area contributed by atoms with E-state index >= 15 is 0 Å². The summed E-state index contributed by atoms with van der Waals surface area (Å²) in [4.78, 5) is 9.24. The molecule has 27 heavy (non-hydrogen) atoms. The fraction of sp³-hybridized carbons (Fsp3) is 0.182. The topological polar surface area (TPSA) is 30.7 Å². The van der Waals surface area contributed by atoms with Crippen LogP contribution >= 0.6 is 23.4 Å². The second kappa shape index (κ2) is 7.75. The molecule has 2 aromatic carbocycles. The number of fused-ring (bicyclic) bond motifs is 1. The van der Waals surface area contributed by atoms with E-state index in [1.54, 1.807) is 6.33 Å². The zero-order chi connectivity index (χ0) is 18.8. The Morgan fingerprint density at radius 3 is 2.48 bits per heavy atom. The lowest BCUT2D eigenvalue weighted by Crippen LogP contribution is -1.97. The first-order valence-electron chi connectivity index (χ1n) is 9.01. The SMILES string of the molecule is CCC(C)Sc1ncnc2c1c(-c1ccccc1)cn2-c1ccc(Cl)cc1. The van der Waals surface area contributed by atoms with Gasteiger partial charge in [-0.3, -0.25) is 0 Å². The molecule has 0 aliphatic carbocycles. The molecule has 0 N–H and O–H groups in total. The van der Waals surface area contributed by atoms with Gasteiger partial charge in [0.25, 0.3) is 0 Å². The summed E-state index contributed by atoms with van der Waals surface area (Å²) in [5, 5.41) is 3.34. The van der Waals surface area contributed by atoms with E-state index in [4.69, 9.17) is 11.6 Å². The minimum absolute atomic E-state index is 0.491. The molecule has 0 fully saturated rings. The van der Waals surface area contributed by atoms with Gasteiger partial charge in [0.2, 0.25) is 0 Å². The number of rotatable bonds is 5. The Kier molecular flexibility index (Phi) is 5.19. The van der Waals surface area contributed by atoms with Crippen LogP contribution in [0.15, 0.2) is 72.1 Å². The summed E-state index contributed by atoms with van der Waals surface area (Å²) in [5.41, 5.74) is 4.25. The third-order valence-electron chi connectivity index (χ3n) is 4.63. The number of aromatic nitrogens is 3. The summed E-state index contributed by atoms with van der Waals surface area (Å²) in [6, 6.07) is 18.3. The molecule has 0 saturated carbocycles. The largest absolute Gasteiger partial charge is 0.301 e. The Hall–Kier alpha value is -2.30. The van der Waals surface area contributed by atoms with E-state index in [-0.39, 0.29) is 0 Å². The highest BCUT2D eigenvalue weighted by atomic mass is 35.5. The molecule has 0 amide bonds. The summed E-state index contributed by atoms with van der Waals surface area (Å²) in [7, 11) is 0. The van der Waals surface area contributed by atoms with Crippen LogP contribution in [0.3, 0.4) is 0 Å². The zero-order valence-corrected chi connectivity index (χ0v) is 16.8. The van der Waals surface area contributed by atoms with Gasteiger partial charge < -0.3 is 4.57 Å². The average molecular weight is 394 g/mol. The third kappa shape index (κ3) is 3.60. The average Bonchev–Trinajstić information content (AvgIpc) is 3.10. The molecule has 2 aromatic heterocycles. The van der Waals surface area contributed by atoms with Gasteiger partial charge in [0.05, 0.1) is 5.39 Å². The van der Waals surface area contributed by atoms with Crippen molar-refractivity contribution in [3.8, 4) is 16.8 Å². The molecule has 0 bridgehead atoms. The van der Waals surface area contributed by atoms with Crippen LogP contribution in [-0.2, 0) is 0 Å². The molecule has 4 aromatic rings. The lowest BCUT2D eigenvalue weighted by Gasteiger charge is -2.10. The van der Waals surface area contributed by atoms with Gasteiger partial charge in [-0.25, -0.2) is 9.97 Å². The van der Waals surface area contributed by atoms with E-state index in [0.717, 1.165) is 44.3 Å². The van der Waals surface area contributed by atoms with Gasteiger partial charge in [-0.15, -0.1) is 11.8 Å². The van der Waals surface area contributed by atoms with Crippen molar-refractivity contribution in [1.29, 1.82) is 0 Å². The summed E-state index contributed by atoms with van der Waals surface area (Å²) in [6.07, 6.45) is 4.90. The number of benzene rings is 2. The lowest BCUT2D eigenvalue weighted by molar-refractivity contribution is 0.901. The van der Waals surface area contributed by atoms with Gasteiger partial charge in [0.1, 0.15) is 17.0 Å². The molecule has 1 unspecified atom stereocenters. The van der Waals surface area contributed by atoms with Crippen LogP contribution in [0.4, 0.5) is 0 Å². The third-order valence-corrected chi connectivity index (χ3v) is 6.15. The highest BCUT2D eigenvalue weighted by Gasteiger charge is 2.18. The predicted molar refractivity (Wildman–Crippen MR) is 115 cm³/mol. The summed E-state index contributed by atoms with van der Waals surface area (Å²) in [6.45, 7) is 4.43. The Morgan fingerprint density at radius 2 is 1.78 bits per heavy atom. The Bertz CT molecular complexity index is 1060. The maximum absolute atomic E-state index is 6.08. The van der Waals surface area contributed by atoms with Crippen molar-refractivity contribution in [2.45, 2.75) is 30.5 Å². The van der Waals surface area contributed by atoms with Crippen LogP contribution in [0.2, 0.25) is 5.02 Å². The smallest absolute Gasteiger partial charge is 0.149 e. The highest BCUT2D eigenvalue weighted by molar-refractivity contribution is 8.00. The normalized spacial score (nSPS) is 12.4. The molecular weight excluding hydrogens is 374 g/mol. The predicted octanol–water partition coefficient (Wildman–Crippen LogP) is 6.63. The second-order valence-corrected chi connectivity index (χ2v) is 8.33. The fourth-order valence-corrected chi connectivity index (χ4v) is 4.13. The molecule has 0 aliphatic heterocycles. The fourth-order valence-electron chi connectivity index (χ4n) is 3.03. The van der Waals surface area contributed by atoms with Crippen molar-refractivity contribution in [3.63, 3.8) is 0 Å². The molecule has 3 nitrogen and oxygen atoms in total. The van der Waals surface area contributed by atoms with Crippen LogP contribution in [0.5, 0.6) is 0 Å². The van der Waals surface area contributed by atoms with Crippen molar-refractivity contribution < 1.29 is 0 Å². The zero-order valence-electron chi connectivity index (χ0n) is 15.3. The molecule has 136 valence electrons. The number of hydrogen-bond donors (Lipinski definition) is 0. The van der Waals surface area contributed by atoms with Crippen molar-refractivity contribution >= 4 is 34.4 Å². The van der Waals surface area contributed by atoms with Crippen molar-refractivity contribution in [3.05, 3.63) is 72.1 Å². The minimum atomic E-state index is 0.491. The summed E-state index contributed by atoms with van der Waals surface area (Å²) < 4.78 is 2.12. The molecule has 5 heteroatoms. The molecule has 0 saturated heterocycles. The molecule has 1 atom stereocenters. The quantitative estimate of drug-likeness (QED) is 0.281. The first kappa shape index (κ1) is 18.1. The van der Waals surface area contributed by atoms with Crippen LogP contribution in [-0.4, -0.2) is 19.8 Å². The van der Waals surface area contributed by atoms with Crippen LogP contribution in [0.1, 0.15) is 20.3 Å². The minimum Gasteiger partial charge on any atom is -0.301 e. The number of nitrogens with zero attached hydrogens (tertiary/aromatic N) is 3. The number of hydrogen-bond acceptors (Lipinski definition) is 3. The van der Waals surface area contributed by atoms with E-state index in [1.165, 1.54) is 0 Å². The van der Waals surface area contributed by atoms with Gasteiger partial charge >= 0.3 is 0 Å². The monoisotopic (exact) mass is 393 g/mol. The van der Waals surface area contributed by atoms with E-state index in [9.17, 15) is 0 Å². The lowest BCUT2D eigenvalue weighted by atomic mass is 10.1. The Balaban J connectivity index is 1.98. The van der Waals surface area contributed by atoms with Crippen molar-refractivity contribution in [1.82, 2.24) is 14.5 Å². The first-order chi connectivity index (χ1) is 13.2. The van der Waals surface area contributed by atoms with Crippen LogP contribution in [0.25, 0.3) is 27.8 Å². The van der Waals surface area contributed by atoms with Gasteiger partial charge in [0, 0.05) is 27.7 Å². The van der Waals surface area contributed by atoms with E-state index < -0.39 is 0 Å². The van der Waals surface area contributed by atoms with E-state index in [0.29, 0.717) is 5.25 Å². The summed E-state index contributed by atoms with van der Waals surface area (Å²) >= 11 is 7.89. The molecular formula is C22H20ClN3S. The molecule has 0 spiro atoms. The molecule has 0 aliphatic rings. The standard InChI is InChI=1S/C22H20ClN3S/c1-3-15(2)27-22-20-19(16-7-5-4-6-8-16)13-26(21(20)24-14-25-22)18-11-9-17(23)10-12-18/h4-15H,3H2,1-2H3. The van der Waals surface area contributed by atoms with Gasteiger partial charge in [0.15, 0.2) is 0 Å². The van der Waals surface area contributed by atoms with Gasteiger partial charge in [-0.2, -0.15) is 0 Å². The number of thioether (sulfide) groups is 1. The van der Waals surface area contributed by atoms with E-state index in [1.807, 2.05) is 42.1 Å². The Labute approximate surface area is 168 Å². The molecule has 0 radical (unpaired) electrons. The maximum Gasteiger partial charge on any atom is 0.149 e. The first-order valence-corrected chi connectivity index (χ1v) is 10.3. The highest BCUT2D eigenvalue weighted by Crippen LogP contribution is 2.38. The van der Waals surface area contributed by atoms with E-state index in [2.05, 4.69) is 58.8 Å².